The molecule has 11 rings (SSSR count). The van der Waals surface area contributed by atoms with Crippen LogP contribution in [0.15, 0.2) is 182 Å². The molecule has 56 heavy (non-hydrogen) atoms. The summed E-state index contributed by atoms with van der Waals surface area (Å²) in [4.78, 5) is 16.0. The Morgan fingerprint density at radius 1 is 0.411 bits per heavy atom. The Bertz CT molecular complexity index is 3020. The van der Waals surface area contributed by atoms with E-state index in [0.717, 1.165) is 33.3 Å². The van der Waals surface area contributed by atoms with Crippen molar-refractivity contribution in [2.45, 2.75) is 19.3 Å². The first-order valence-electron chi connectivity index (χ1n) is 19.2. The standard InChI is InChI=1S/C52H36N4/c1-52(2)43-23-13-11-21-41(43)45-39-19-9-10-20-40(39)46-42-22-12-14-24-44(42)56(48(46)47(45)52)51-54-49(37-29-25-35(26-30-37)33-15-5-3-6-16-33)53-50(55-51)38-31-27-36(28-32-38)34-17-7-4-8-18-34/h3-32H,1-2H3. The van der Waals surface area contributed by atoms with Crippen LogP contribution in [0.5, 0.6) is 0 Å². The normalized spacial score (nSPS) is 13.0. The second kappa shape index (κ2) is 12.4. The lowest BCUT2D eigenvalue weighted by atomic mass is 9.80. The average molecular weight is 717 g/mol. The Hall–Kier alpha value is -7.17. The molecule has 0 unspecified atom stereocenters. The fourth-order valence-electron chi connectivity index (χ4n) is 9.01. The van der Waals surface area contributed by atoms with Gasteiger partial charge in [0, 0.05) is 27.3 Å². The maximum Gasteiger partial charge on any atom is 0.238 e. The molecule has 264 valence electrons. The molecule has 0 saturated carbocycles. The van der Waals surface area contributed by atoms with Gasteiger partial charge in [0.05, 0.1) is 11.0 Å². The number of fused-ring (bicyclic) bond motifs is 10. The molecule has 0 spiro atoms. The van der Waals surface area contributed by atoms with E-state index in [4.69, 9.17) is 15.0 Å². The van der Waals surface area contributed by atoms with Crippen molar-refractivity contribution in [3.05, 3.63) is 193 Å². The fourth-order valence-corrected chi connectivity index (χ4v) is 9.01. The highest BCUT2D eigenvalue weighted by Crippen LogP contribution is 2.56. The third-order valence-electron chi connectivity index (χ3n) is 11.6. The highest BCUT2D eigenvalue weighted by Gasteiger charge is 2.40. The summed E-state index contributed by atoms with van der Waals surface area (Å²) in [5.74, 6) is 1.85. The summed E-state index contributed by atoms with van der Waals surface area (Å²) in [6, 6.07) is 64.5. The largest absolute Gasteiger partial charge is 0.277 e. The molecule has 0 N–H and O–H groups in total. The Balaban J connectivity index is 1.21. The third kappa shape index (κ3) is 4.89. The number of hydrogen-bond acceptors (Lipinski definition) is 3. The zero-order valence-electron chi connectivity index (χ0n) is 31.1. The zero-order valence-corrected chi connectivity index (χ0v) is 31.1. The van der Waals surface area contributed by atoms with Crippen molar-refractivity contribution in [1.29, 1.82) is 0 Å². The van der Waals surface area contributed by atoms with Gasteiger partial charge in [-0.2, -0.15) is 9.97 Å². The highest BCUT2D eigenvalue weighted by molar-refractivity contribution is 6.26. The first-order chi connectivity index (χ1) is 27.5. The van der Waals surface area contributed by atoms with E-state index in [0.29, 0.717) is 17.6 Å². The number of hydrogen-bond donors (Lipinski definition) is 0. The van der Waals surface area contributed by atoms with E-state index in [2.05, 4.69) is 188 Å². The summed E-state index contributed by atoms with van der Waals surface area (Å²) >= 11 is 0. The van der Waals surface area contributed by atoms with E-state index < -0.39 is 0 Å². The second-order valence-corrected chi connectivity index (χ2v) is 15.2. The molecule has 1 aliphatic rings. The van der Waals surface area contributed by atoms with E-state index in [1.807, 2.05) is 12.1 Å². The lowest BCUT2D eigenvalue weighted by molar-refractivity contribution is 0.663. The zero-order chi connectivity index (χ0) is 37.4. The van der Waals surface area contributed by atoms with Gasteiger partial charge < -0.3 is 0 Å². The molecule has 2 heterocycles. The Morgan fingerprint density at radius 3 is 1.48 bits per heavy atom. The summed E-state index contributed by atoms with van der Waals surface area (Å²) in [5, 5.41) is 4.89. The molecule has 0 radical (unpaired) electrons. The van der Waals surface area contributed by atoms with Crippen LogP contribution in [-0.4, -0.2) is 19.5 Å². The van der Waals surface area contributed by atoms with Gasteiger partial charge in [-0.1, -0.05) is 190 Å². The summed E-state index contributed by atoms with van der Waals surface area (Å²) in [6.45, 7) is 4.72. The molecule has 8 aromatic carbocycles. The van der Waals surface area contributed by atoms with Crippen LogP contribution in [-0.2, 0) is 5.41 Å². The van der Waals surface area contributed by atoms with Crippen molar-refractivity contribution in [1.82, 2.24) is 19.5 Å². The second-order valence-electron chi connectivity index (χ2n) is 15.2. The number of benzene rings is 8. The monoisotopic (exact) mass is 716 g/mol. The fraction of sp³-hybridized carbons (Fsp3) is 0.0577. The van der Waals surface area contributed by atoms with Crippen LogP contribution in [0.4, 0.5) is 0 Å². The van der Waals surface area contributed by atoms with Crippen molar-refractivity contribution in [2.24, 2.45) is 0 Å². The molecule has 0 aliphatic heterocycles. The first kappa shape index (κ1) is 32.3. The first-order valence-corrected chi connectivity index (χ1v) is 19.2. The maximum atomic E-state index is 5.38. The molecular weight excluding hydrogens is 681 g/mol. The van der Waals surface area contributed by atoms with Gasteiger partial charge in [-0.05, 0) is 61.3 Å². The van der Waals surface area contributed by atoms with Gasteiger partial charge in [0.1, 0.15) is 0 Å². The van der Waals surface area contributed by atoms with E-state index in [-0.39, 0.29) is 5.41 Å². The molecular formula is C52H36N4. The van der Waals surface area contributed by atoms with E-state index in [9.17, 15) is 0 Å². The van der Waals surface area contributed by atoms with Gasteiger partial charge in [-0.25, -0.2) is 4.98 Å². The van der Waals surface area contributed by atoms with Crippen LogP contribution in [0.1, 0.15) is 25.0 Å². The van der Waals surface area contributed by atoms with Crippen molar-refractivity contribution < 1.29 is 0 Å². The predicted molar refractivity (Wildman–Crippen MR) is 231 cm³/mol. The molecule has 4 heteroatoms. The predicted octanol–water partition coefficient (Wildman–Crippen LogP) is 13.1. The summed E-state index contributed by atoms with van der Waals surface area (Å²) < 4.78 is 2.31. The Labute approximate surface area is 325 Å². The van der Waals surface area contributed by atoms with Crippen molar-refractivity contribution in [2.75, 3.05) is 0 Å². The molecule has 10 aromatic rings. The van der Waals surface area contributed by atoms with Gasteiger partial charge >= 0.3 is 0 Å². The SMILES string of the molecule is CC1(C)c2ccccc2-c2c1c1c(c3ccccc23)c2ccccc2n1-c1nc(-c2ccc(-c3ccccc3)cc2)nc(-c2ccc(-c3ccccc3)cc2)n1. The van der Waals surface area contributed by atoms with E-state index in [1.54, 1.807) is 0 Å². The number of rotatable bonds is 5. The molecule has 0 amide bonds. The molecule has 2 aromatic heterocycles. The smallest absolute Gasteiger partial charge is 0.238 e. The van der Waals surface area contributed by atoms with Gasteiger partial charge in [0.15, 0.2) is 11.6 Å². The molecule has 0 saturated heterocycles. The Morgan fingerprint density at radius 2 is 0.875 bits per heavy atom. The average Bonchev–Trinajstić information content (AvgIpc) is 3.73. The molecule has 0 fully saturated rings. The van der Waals surface area contributed by atoms with Gasteiger partial charge in [-0.15, -0.1) is 0 Å². The lowest BCUT2D eigenvalue weighted by Crippen LogP contribution is -2.17. The molecule has 0 atom stereocenters. The summed E-state index contributed by atoms with van der Waals surface area (Å²) in [7, 11) is 0. The maximum absolute atomic E-state index is 5.38. The van der Waals surface area contributed by atoms with Gasteiger partial charge in [-0.3, -0.25) is 4.57 Å². The van der Waals surface area contributed by atoms with Crippen molar-refractivity contribution in [3.63, 3.8) is 0 Å². The minimum Gasteiger partial charge on any atom is -0.277 e. The highest BCUT2D eigenvalue weighted by atomic mass is 15.2. The summed E-state index contributed by atoms with van der Waals surface area (Å²) in [6.07, 6.45) is 0. The topological polar surface area (TPSA) is 43.6 Å². The number of aromatic nitrogens is 4. The molecule has 4 nitrogen and oxygen atoms in total. The quantitative estimate of drug-likeness (QED) is 0.178. The van der Waals surface area contributed by atoms with Crippen molar-refractivity contribution in [3.8, 4) is 62.1 Å². The summed E-state index contributed by atoms with van der Waals surface area (Å²) in [5.41, 5.74) is 13.6. The van der Waals surface area contributed by atoms with Gasteiger partial charge in [0.2, 0.25) is 5.95 Å². The van der Waals surface area contributed by atoms with Crippen LogP contribution in [0.2, 0.25) is 0 Å². The van der Waals surface area contributed by atoms with Crippen LogP contribution in [0.25, 0.3) is 94.7 Å². The van der Waals surface area contributed by atoms with Crippen molar-refractivity contribution >= 4 is 32.6 Å². The number of nitrogens with zero attached hydrogens (tertiary/aromatic N) is 4. The van der Waals surface area contributed by atoms with Crippen LogP contribution < -0.4 is 0 Å². The number of para-hydroxylation sites is 1. The van der Waals surface area contributed by atoms with Gasteiger partial charge in [0.25, 0.3) is 0 Å². The van der Waals surface area contributed by atoms with E-state index in [1.165, 1.54) is 54.9 Å². The van der Waals surface area contributed by atoms with Crippen LogP contribution in [0, 0.1) is 0 Å². The third-order valence-corrected chi connectivity index (χ3v) is 11.6. The molecule has 1 aliphatic carbocycles. The van der Waals surface area contributed by atoms with Crippen LogP contribution in [0.3, 0.4) is 0 Å². The minimum atomic E-state index is -0.278. The Kier molecular flexibility index (Phi) is 7.17. The lowest BCUT2D eigenvalue weighted by Gasteiger charge is -2.24. The minimum absolute atomic E-state index is 0.278. The molecule has 0 bridgehead atoms. The van der Waals surface area contributed by atoms with Crippen LogP contribution >= 0.6 is 0 Å². The van der Waals surface area contributed by atoms with E-state index >= 15 is 0 Å².